The Bertz CT molecular complexity index is 1170. The van der Waals surface area contributed by atoms with Crippen molar-refractivity contribution in [2.45, 2.75) is 18.9 Å². The molecule has 0 bridgehead atoms. The summed E-state index contributed by atoms with van der Waals surface area (Å²) < 4.78 is 79.1. The van der Waals surface area contributed by atoms with Crippen molar-refractivity contribution >= 4 is 23.0 Å². The molecule has 0 unspecified atom stereocenters. The standard InChI is InChI=1S/C23H14F6N2O/c24-22(25,26)15-10-16(23(27,28)29)12-17(11-15)30-20-18-8-4-5-9-19(18)31(21(20)32)13-14-6-2-1-3-7-14/h1-12H,13H2. The van der Waals surface area contributed by atoms with E-state index in [9.17, 15) is 31.1 Å². The Hall–Kier alpha value is -3.62. The molecule has 0 aromatic heterocycles. The topological polar surface area (TPSA) is 32.7 Å². The molecule has 0 fully saturated rings. The fourth-order valence-electron chi connectivity index (χ4n) is 3.42. The molecule has 1 aliphatic rings. The second-order valence-corrected chi connectivity index (χ2v) is 7.12. The van der Waals surface area contributed by atoms with Crippen LogP contribution in [-0.4, -0.2) is 11.6 Å². The number of hydrogen-bond acceptors (Lipinski definition) is 2. The molecular formula is C23H14F6N2O. The molecular weight excluding hydrogens is 434 g/mol. The highest BCUT2D eigenvalue weighted by Crippen LogP contribution is 2.39. The van der Waals surface area contributed by atoms with Crippen LogP contribution in [0.15, 0.2) is 77.8 Å². The molecule has 3 aromatic carbocycles. The van der Waals surface area contributed by atoms with Crippen LogP contribution in [0.3, 0.4) is 0 Å². The summed E-state index contributed by atoms with van der Waals surface area (Å²) >= 11 is 0. The number of rotatable bonds is 3. The Morgan fingerprint density at radius 3 is 1.91 bits per heavy atom. The van der Waals surface area contributed by atoms with Crippen molar-refractivity contribution in [3.63, 3.8) is 0 Å². The van der Waals surface area contributed by atoms with E-state index in [1.807, 2.05) is 6.07 Å². The van der Waals surface area contributed by atoms with Crippen molar-refractivity contribution < 1.29 is 31.1 Å². The van der Waals surface area contributed by atoms with Crippen molar-refractivity contribution in [3.05, 3.63) is 95.1 Å². The minimum absolute atomic E-state index is 0.0236. The number of nitrogens with zero attached hydrogens (tertiary/aromatic N) is 2. The number of fused-ring (bicyclic) bond motifs is 1. The van der Waals surface area contributed by atoms with Crippen LogP contribution >= 0.6 is 0 Å². The number of halogens is 6. The Morgan fingerprint density at radius 2 is 1.31 bits per heavy atom. The lowest BCUT2D eigenvalue weighted by atomic mass is 10.1. The van der Waals surface area contributed by atoms with Gasteiger partial charge in [0.1, 0.15) is 5.71 Å². The first kappa shape index (κ1) is 21.6. The Kier molecular flexibility index (Phi) is 5.28. The predicted octanol–water partition coefficient (Wildman–Crippen LogP) is 6.39. The van der Waals surface area contributed by atoms with Gasteiger partial charge in [0.2, 0.25) is 0 Å². The quantitative estimate of drug-likeness (QED) is 0.428. The first-order valence-electron chi connectivity index (χ1n) is 9.37. The highest BCUT2D eigenvalue weighted by atomic mass is 19.4. The third-order valence-electron chi connectivity index (χ3n) is 4.89. The zero-order valence-electron chi connectivity index (χ0n) is 16.2. The molecule has 9 heteroatoms. The second-order valence-electron chi connectivity index (χ2n) is 7.12. The van der Waals surface area contributed by atoms with E-state index in [0.717, 1.165) is 5.56 Å². The van der Waals surface area contributed by atoms with Gasteiger partial charge >= 0.3 is 12.4 Å². The van der Waals surface area contributed by atoms with Gasteiger partial charge < -0.3 is 4.90 Å². The van der Waals surface area contributed by atoms with E-state index in [2.05, 4.69) is 4.99 Å². The van der Waals surface area contributed by atoms with Crippen LogP contribution in [0.4, 0.5) is 37.7 Å². The lowest BCUT2D eigenvalue weighted by Gasteiger charge is -2.16. The van der Waals surface area contributed by atoms with Crippen molar-refractivity contribution in [2.24, 2.45) is 4.99 Å². The Balaban J connectivity index is 1.81. The maximum Gasteiger partial charge on any atom is 0.416 e. The number of carbonyl (C=O) groups excluding carboxylic acids is 1. The van der Waals surface area contributed by atoms with Gasteiger partial charge in [0.05, 0.1) is 29.0 Å². The molecule has 0 aliphatic carbocycles. The van der Waals surface area contributed by atoms with Gasteiger partial charge in [0, 0.05) is 5.56 Å². The molecule has 32 heavy (non-hydrogen) atoms. The Morgan fingerprint density at radius 1 is 0.750 bits per heavy atom. The fourth-order valence-corrected chi connectivity index (χ4v) is 3.42. The molecule has 1 heterocycles. The maximum atomic E-state index is 13.2. The van der Waals surface area contributed by atoms with Gasteiger partial charge in [-0.1, -0.05) is 48.5 Å². The zero-order chi connectivity index (χ0) is 23.1. The van der Waals surface area contributed by atoms with Gasteiger partial charge in [-0.15, -0.1) is 0 Å². The van der Waals surface area contributed by atoms with E-state index in [4.69, 9.17) is 0 Å². The molecule has 1 aliphatic heterocycles. The SMILES string of the molecule is O=C1C(=Nc2cc(C(F)(F)F)cc(C(F)(F)F)c2)c2ccccc2N1Cc1ccccc1. The molecule has 164 valence electrons. The largest absolute Gasteiger partial charge is 0.416 e. The van der Waals surface area contributed by atoms with E-state index < -0.39 is 35.1 Å². The van der Waals surface area contributed by atoms with E-state index in [-0.39, 0.29) is 18.3 Å². The lowest BCUT2D eigenvalue weighted by molar-refractivity contribution is -0.143. The summed E-state index contributed by atoms with van der Waals surface area (Å²) in [6, 6.07) is 16.5. The summed E-state index contributed by atoms with van der Waals surface area (Å²) in [6.07, 6.45) is -10.0. The fraction of sp³-hybridized carbons (Fsp3) is 0.130. The second kappa shape index (κ2) is 7.81. The predicted molar refractivity (Wildman–Crippen MR) is 107 cm³/mol. The van der Waals surface area contributed by atoms with Crippen LogP contribution in [0.1, 0.15) is 22.3 Å². The number of hydrogen-bond donors (Lipinski definition) is 0. The Labute approximate surface area is 178 Å². The van der Waals surface area contributed by atoms with Crippen LogP contribution in [0.2, 0.25) is 0 Å². The van der Waals surface area contributed by atoms with E-state index in [0.29, 0.717) is 23.4 Å². The van der Waals surface area contributed by atoms with Crippen molar-refractivity contribution in [1.82, 2.24) is 0 Å². The van der Waals surface area contributed by atoms with Crippen molar-refractivity contribution in [1.29, 1.82) is 0 Å². The summed E-state index contributed by atoms with van der Waals surface area (Å²) in [5, 5.41) is 0. The number of benzene rings is 3. The number of amides is 1. The van der Waals surface area contributed by atoms with Gasteiger partial charge in [-0.2, -0.15) is 26.3 Å². The molecule has 0 N–H and O–H groups in total. The zero-order valence-corrected chi connectivity index (χ0v) is 16.2. The van der Waals surface area contributed by atoms with Crippen LogP contribution in [0.5, 0.6) is 0 Å². The first-order valence-corrected chi connectivity index (χ1v) is 9.37. The third kappa shape index (κ3) is 4.23. The molecule has 3 aromatic rings. The lowest BCUT2D eigenvalue weighted by Crippen LogP contribution is -2.29. The third-order valence-corrected chi connectivity index (χ3v) is 4.89. The summed E-state index contributed by atoms with van der Waals surface area (Å²) in [5.74, 6) is -0.610. The van der Waals surface area contributed by atoms with Crippen molar-refractivity contribution in [2.75, 3.05) is 4.90 Å². The van der Waals surface area contributed by atoms with E-state index in [1.54, 1.807) is 48.5 Å². The number of anilines is 1. The first-order chi connectivity index (χ1) is 15.0. The monoisotopic (exact) mass is 448 g/mol. The minimum atomic E-state index is -5.01. The number of para-hydroxylation sites is 1. The molecule has 0 spiro atoms. The van der Waals surface area contributed by atoms with Gasteiger partial charge in [-0.05, 0) is 29.8 Å². The van der Waals surface area contributed by atoms with Gasteiger partial charge in [-0.25, -0.2) is 4.99 Å². The maximum absolute atomic E-state index is 13.2. The number of alkyl halides is 6. The van der Waals surface area contributed by atoms with Crippen LogP contribution in [-0.2, 0) is 23.7 Å². The molecule has 0 radical (unpaired) electrons. The highest BCUT2D eigenvalue weighted by molar-refractivity contribution is 6.54. The average molecular weight is 448 g/mol. The number of carbonyl (C=O) groups is 1. The highest BCUT2D eigenvalue weighted by Gasteiger charge is 2.38. The molecule has 1 amide bonds. The van der Waals surface area contributed by atoms with Crippen LogP contribution in [0.25, 0.3) is 0 Å². The minimum Gasteiger partial charge on any atom is -0.302 e. The molecule has 4 rings (SSSR count). The average Bonchev–Trinajstić information content (AvgIpc) is 2.99. The van der Waals surface area contributed by atoms with Gasteiger partial charge in [-0.3, -0.25) is 4.79 Å². The van der Waals surface area contributed by atoms with Crippen LogP contribution in [0, 0.1) is 0 Å². The molecule has 3 nitrogen and oxygen atoms in total. The number of aliphatic imine (C=N–C) groups is 1. The summed E-state index contributed by atoms with van der Waals surface area (Å²) in [7, 11) is 0. The van der Waals surface area contributed by atoms with Gasteiger partial charge in [0.25, 0.3) is 5.91 Å². The normalized spacial score (nSPS) is 15.4. The summed E-state index contributed by atoms with van der Waals surface area (Å²) in [4.78, 5) is 18.4. The summed E-state index contributed by atoms with van der Waals surface area (Å²) in [6.45, 7) is 0.173. The van der Waals surface area contributed by atoms with Crippen molar-refractivity contribution in [3.8, 4) is 0 Å². The molecule has 0 saturated heterocycles. The smallest absolute Gasteiger partial charge is 0.302 e. The van der Waals surface area contributed by atoms with E-state index >= 15 is 0 Å². The summed E-state index contributed by atoms with van der Waals surface area (Å²) in [5.41, 5.74) is -2.20. The van der Waals surface area contributed by atoms with E-state index in [1.165, 1.54) is 4.90 Å². The van der Waals surface area contributed by atoms with Crippen LogP contribution < -0.4 is 4.90 Å². The van der Waals surface area contributed by atoms with Gasteiger partial charge in [0.15, 0.2) is 0 Å². The molecule has 0 saturated carbocycles. The molecule has 0 atom stereocenters.